The van der Waals surface area contributed by atoms with Crippen molar-refractivity contribution in [1.82, 2.24) is 4.98 Å². The smallest absolute Gasteiger partial charge is 0.115 e. The number of nitrogens with one attached hydrogen (secondary N) is 1. The molecule has 0 saturated heterocycles. The second kappa shape index (κ2) is 5.80. The first-order valence-electron chi connectivity index (χ1n) is 5.53. The quantitative estimate of drug-likeness (QED) is 0.879. The number of nitrogens with zero attached hydrogens (tertiary/aromatic N) is 1. The van der Waals surface area contributed by atoms with E-state index < -0.39 is 0 Å². The highest BCUT2D eigenvalue weighted by atomic mass is 32.1. The standard InChI is InChI=1S/C13H16N2OS/c1-10(13-14-6-7-17-13)15-12-5-3-4-11(8-12)9-16-2/h3-8,10,15H,9H2,1-2H3. The molecule has 0 radical (unpaired) electrons. The number of hydrogen-bond acceptors (Lipinski definition) is 4. The zero-order chi connectivity index (χ0) is 12.1. The predicted octanol–water partition coefficient (Wildman–Crippen LogP) is 3.46. The van der Waals surface area contributed by atoms with E-state index in [1.54, 1.807) is 18.4 Å². The largest absolute Gasteiger partial charge is 0.380 e. The van der Waals surface area contributed by atoms with Crippen molar-refractivity contribution in [2.24, 2.45) is 0 Å². The van der Waals surface area contributed by atoms with Gasteiger partial charge in [-0.25, -0.2) is 4.98 Å². The van der Waals surface area contributed by atoms with Gasteiger partial charge in [0.15, 0.2) is 0 Å². The van der Waals surface area contributed by atoms with E-state index >= 15 is 0 Å². The van der Waals surface area contributed by atoms with Crippen LogP contribution in [0.5, 0.6) is 0 Å². The van der Waals surface area contributed by atoms with Gasteiger partial charge in [0, 0.05) is 24.4 Å². The molecular weight excluding hydrogens is 232 g/mol. The highest BCUT2D eigenvalue weighted by Gasteiger charge is 2.07. The Kier molecular flexibility index (Phi) is 4.12. The van der Waals surface area contributed by atoms with Crippen LogP contribution in [0.3, 0.4) is 0 Å². The van der Waals surface area contributed by atoms with E-state index in [1.165, 1.54) is 5.56 Å². The van der Waals surface area contributed by atoms with Crippen LogP contribution in [-0.4, -0.2) is 12.1 Å². The number of anilines is 1. The molecule has 1 unspecified atom stereocenters. The Labute approximate surface area is 105 Å². The molecule has 0 saturated carbocycles. The van der Waals surface area contributed by atoms with Gasteiger partial charge in [-0.3, -0.25) is 0 Å². The van der Waals surface area contributed by atoms with Crippen LogP contribution in [0.2, 0.25) is 0 Å². The van der Waals surface area contributed by atoms with Crippen molar-refractivity contribution < 1.29 is 4.74 Å². The highest BCUT2D eigenvalue weighted by Crippen LogP contribution is 2.21. The minimum Gasteiger partial charge on any atom is -0.380 e. The first-order valence-corrected chi connectivity index (χ1v) is 6.41. The number of methoxy groups -OCH3 is 1. The van der Waals surface area contributed by atoms with Crippen molar-refractivity contribution in [2.75, 3.05) is 12.4 Å². The lowest BCUT2D eigenvalue weighted by molar-refractivity contribution is 0.185. The van der Waals surface area contributed by atoms with Crippen LogP contribution in [0.15, 0.2) is 35.8 Å². The summed E-state index contributed by atoms with van der Waals surface area (Å²) in [7, 11) is 1.71. The summed E-state index contributed by atoms with van der Waals surface area (Å²) >= 11 is 1.67. The molecule has 1 heterocycles. The number of rotatable bonds is 5. The van der Waals surface area contributed by atoms with Gasteiger partial charge in [0.2, 0.25) is 0 Å². The number of hydrogen-bond donors (Lipinski definition) is 1. The van der Waals surface area contributed by atoms with E-state index in [0.29, 0.717) is 6.61 Å². The van der Waals surface area contributed by atoms with Crippen LogP contribution in [0.4, 0.5) is 5.69 Å². The van der Waals surface area contributed by atoms with Crippen molar-refractivity contribution in [1.29, 1.82) is 0 Å². The third-order valence-corrected chi connectivity index (χ3v) is 3.40. The van der Waals surface area contributed by atoms with Gasteiger partial charge < -0.3 is 10.1 Å². The van der Waals surface area contributed by atoms with E-state index in [4.69, 9.17) is 4.74 Å². The van der Waals surface area contributed by atoms with E-state index in [9.17, 15) is 0 Å². The third kappa shape index (κ3) is 3.28. The van der Waals surface area contributed by atoms with Gasteiger partial charge in [-0.2, -0.15) is 0 Å². The van der Waals surface area contributed by atoms with E-state index in [0.717, 1.165) is 10.7 Å². The first kappa shape index (κ1) is 12.1. The second-order valence-electron chi connectivity index (χ2n) is 3.87. The van der Waals surface area contributed by atoms with Crippen LogP contribution < -0.4 is 5.32 Å². The Morgan fingerprint density at radius 2 is 2.35 bits per heavy atom. The van der Waals surface area contributed by atoms with Crippen molar-refractivity contribution in [2.45, 2.75) is 19.6 Å². The molecule has 3 nitrogen and oxygen atoms in total. The second-order valence-corrected chi connectivity index (χ2v) is 4.80. The Balaban J connectivity index is 2.05. The Hall–Kier alpha value is -1.39. The fraction of sp³-hybridized carbons (Fsp3) is 0.308. The minimum atomic E-state index is 0.229. The summed E-state index contributed by atoms with van der Waals surface area (Å²) in [6, 6.07) is 8.48. The molecule has 1 aromatic carbocycles. The van der Waals surface area contributed by atoms with Gasteiger partial charge in [-0.15, -0.1) is 11.3 Å². The molecule has 0 spiro atoms. The number of benzene rings is 1. The van der Waals surface area contributed by atoms with Crippen LogP contribution in [0, 0.1) is 0 Å². The molecule has 1 aromatic heterocycles. The predicted molar refractivity (Wildman–Crippen MR) is 71.3 cm³/mol. The fourth-order valence-corrected chi connectivity index (χ4v) is 2.32. The molecule has 90 valence electrons. The zero-order valence-corrected chi connectivity index (χ0v) is 10.8. The van der Waals surface area contributed by atoms with Gasteiger partial charge in [0.1, 0.15) is 5.01 Å². The van der Waals surface area contributed by atoms with Gasteiger partial charge in [0.25, 0.3) is 0 Å². The summed E-state index contributed by atoms with van der Waals surface area (Å²) in [5.74, 6) is 0. The van der Waals surface area contributed by atoms with E-state index in [-0.39, 0.29) is 6.04 Å². The molecule has 0 fully saturated rings. The molecule has 0 aliphatic rings. The van der Waals surface area contributed by atoms with Crippen LogP contribution in [0.1, 0.15) is 23.5 Å². The zero-order valence-electron chi connectivity index (χ0n) is 10.0. The highest BCUT2D eigenvalue weighted by molar-refractivity contribution is 7.09. The molecular formula is C13H16N2OS. The molecule has 4 heteroatoms. The van der Waals surface area contributed by atoms with Crippen molar-refractivity contribution in [3.8, 4) is 0 Å². The van der Waals surface area contributed by atoms with Crippen molar-refractivity contribution >= 4 is 17.0 Å². The lowest BCUT2D eigenvalue weighted by atomic mass is 10.2. The van der Waals surface area contributed by atoms with Gasteiger partial charge in [0.05, 0.1) is 12.6 Å². The third-order valence-electron chi connectivity index (χ3n) is 2.44. The molecule has 2 rings (SSSR count). The van der Waals surface area contributed by atoms with E-state index in [1.807, 2.05) is 17.6 Å². The number of aromatic nitrogens is 1. The average molecular weight is 248 g/mol. The monoisotopic (exact) mass is 248 g/mol. The minimum absolute atomic E-state index is 0.229. The van der Waals surface area contributed by atoms with Crippen molar-refractivity contribution in [3.05, 3.63) is 46.4 Å². The maximum absolute atomic E-state index is 5.12. The summed E-state index contributed by atoms with van der Waals surface area (Å²) in [4.78, 5) is 4.30. The fourth-order valence-electron chi connectivity index (χ4n) is 1.68. The molecule has 0 aliphatic carbocycles. The Morgan fingerprint density at radius 3 is 3.06 bits per heavy atom. The number of ether oxygens (including phenoxy) is 1. The SMILES string of the molecule is COCc1cccc(NC(C)c2nccs2)c1. The summed E-state index contributed by atoms with van der Waals surface area (Å²) in [5.41, 5.74) is 2.27. The Morgan fingerprint density at radius 1 is 1.47 bits per heavy atom. The van der Waals surface area contributed by atoms with Gasteiger partial charge in [-0.05, 0) is 24.6 Å². The lowest BCUT2D eigenvalue weighted by Crippen LogP contribution is -2.06. The summed E-state index contributed by atoms with van der Waals surface area (Å²) in [6.45, 7) is 2.75. The molecule has 17 heavy (non-hydrogen) atoms. The average Bonchev–Trinajstić information content (AvgIpc) is 2.83. The molecule has 1 atom stereocenters. The maximum Gasteiger partial charge on any atom is 0.115 e. The summed E-state index contributed by atoms with van der Waals surface area (Å²) in [6.07, 6.45) is 1.83. The maximum atomic E-state index is 5.12. The molecule has 0 amide bonds. The Bertz CT molecular complexity index is 456. The molecule has 0 bridgehead atoms. The number of thiazole rings is 1. The van der Waals surface area contributed by atoms with Gasteiger partial charge in [-0.1, -0.05) is 12.1 Å². The first-order chi connectivity index (χ1) is 8.29. The molecule has 0 aliphatic heterocycles. The summed E-state index contributed by atoms with van der Waals surface area (Å²) < 4.78 is 5.12. The topological polar surface area (TPSA) is 34.1 Å². The van der Waals surface area contributed by atoms with Crippen LogP contribution >= 0.6 is 11.3 Å². The van der Waals surface area contributed by atoms with Crippen LogP contribution in [-0.2, 0) is 11.3 Å². The molecule has 2 aromatic rings. The molecule has 1 N–H and O–H groups in total. The lowest BCUT2D eigenvalue weighted by Gasteiger charge is -2.13. The normalized spacial score (nSPS) is 12.4. The van der Waals surface area contributed by atoms with E-state index in [2.05, 4.69) is 35.4 Å². The van der Waals surface area contributed by atoms with Gasteiger partial charge >= 0.3 is 0 Å². The summed E-state index contributed by atoms with van der Waals surface area (Å²) in [5, 5.41) is 6.53. The van der Waals surface area contributed by atoms with Crippen molar-refractivity contribution in [3.63, 3.8) is 0 Å². The van der Waals surface area contributed by atoms with Crippen LogP contribution in [0.25, 0.3) is 0 Å².